The standard InChI is InChI=1S/C20H20FN3O2S/c1-13-17(8-11-26-13)19(25)22-16-6-9-24(10-7-16)20-23-18(12-27-20)14-2-4-15(21)5-3-14/h2-5,8,11-12,16H,6-7,9-10H2,1H3,(H,22,25). The van der Waals surface area contributed by atoms with Crippen LogP contribution in [-0.2, 0) is 0 Å². The molecule has 1 aliphatic rings. The van der Waals surface area contributed by atoms with Crippen molar-refractivity contribution in [1.29, 1.82) is 0 Å². The summed E-state index contributed by atoms with van der Waals surface area (Å²) >= 11 is 1.59. The Morgan fingerprint density at radius 3 is 2.67 bits per heavy atom. The molecule has 1 saturated heterocycles. The van der Waals surface area contributed by atoms with Crippen molar-refractivity contribution < 1.29 is 13.6 Å². The van der Waals surface area contributed by atoms with E-state index >= 15 is 0 Å². The number of carbonyl (C=O) groups is 1. The second kappa shape index (κ2) is 7.52. The number of piperidine rings is 1. The van der Waals surface area contributed by atoms with Crippen molar-refractivity contribution in [3.63, 3.8) is 0 Å². The number of amides is 1. The highest BCUT2D eigenvalue weighted by atomic mass is 32.1. The Bertz CT molecular complexity index is 927. The molecule has 0 saturated carbocycles. The second-order valence-electron chi connectivity index (χ2n) is 6.65. The van der Waals surface area contributed by atoms with Gasteiger partial charge in [0.15, 0.2) is 5.13 Å². The highest BCUT2D eigenvalue weighted by molar-refractivity contribution is 7.14. The third-order valence-electron chi connectivity index (χ3n) is 4.84. The zero-order valence-electron chi connectivity index (χ0n) is 14.9. The molecule has 3 heterocycles. The lowest BCUT2D eigenvalue weighted by atomic mass is 10.0. The van der Waals surface area contributed by atoms with Gasteiger partial charge in [-0.15, -0.1) is 11.3 Å². The van der Waals surface area contributed by atoms with E-state index in [2.05, 4.69) is 10.2 Å². The highest BCUT2D eigenvalue weighted by Gasteiger charge is 2.24. The Morgan fingerprint density at radius 2 is 2.00 bits per heavy atom. The minimum Gasteiger partial charge on any atom is -0.469 e. The number of benzene rings is 1. The molecule has 0 radical (unpaired) electrons. The SMILES string of the molecule is Cc1occc1C(=O)NC1CCN(c2nc(-c3ccc(F)cc3)cs2)CC1. The van der Waals surface area contributed by atoms with Gasteiger partial charge in [0.2, 0.25) is 0 Å². The Labute approximate surface area is 160 Å². The van der Waals surface area contributed by atoms with Crippen LogP contribution in [0.25, 0.3) is 11.3 Å². The van der Waals surface area contributed by atoms with Gasteiger partial charge in [-0.2, -0.15) is 0 Å². The maximum absolute atomic E-state index is 13.1. The Balaban J connectivity index is 1.35. The summed E-state index contributed by atoms with van der Waals surface area (Å²) in [5.74, 6) is 0.317. The van der Waals surface area contributed by atoms with E-state index in [0.29, 0.717) is 11.3 Å². The summed E-state index contributed by atoms with van der Waals surface area (Å²) in [6.45, 7) is 3.47. The average molecular weight is 385 g/mol. The van der Waals surface area contributed by atoms with E-state index in [-0.39, 0.29) is 17.8 Å². The van der Waals surface area contributed by atoms with Crippen LogP contribution in [0.4, 0.5) is 9.52 Å². The van der Waals surface area contributed by atoms with Gasteiger partial charge in [0.1, 0.15) is 11.6 Å². The molecule has 140 valence electrons. The van der Waals surface area contributed by atoms with Crippen molar-refractivity contribution >= 4 is 22.4 Å². The fourth-order valence-electron chi connectivity index (χ4n) is 3.26. The number of nitrogens with zero attached hydrogens (tertiary/aromatic N) is 2. The van der Waals surface area contributed by atoms with Gasteiger partial charge in [-0.25, -0.2) is 9.37 Å². The zero-order valence-corrected chi connectivity index (χ0v) is 15.8. The monoisotopic (exact) mass is 385 g/mol. The topological polar surface area (TPSA) is 58.4 Å². The van der Waals surface area contributed by atoms with Crippen molar-refractivity contribution in [2.24, 2.45) is 0 Å². The van der Waals surface area contributed by atoms with E-state index in [9.17, 15) is 9.18 Å². The summed E-state index contributed by atoms with van der Waals surface area (Å²) in [5.41, 5.74) is 2.37. The number of halogens is 1. The molecule has 2 aromatic heterocycles. The van der Waals surface area contributed by atoms with Crippen molar-refractivity contribution in [2.75, 3.05) is 18.0 Å². The van der Waals surface area contributed by atoms with E-state index in [4.69, 9.17) is 9.40 Å². The van der Waals surface area contributed by atoms with Crippen LogP contribution in [0.3, 0.4) is 0 Å². The minimum atomic E-state index is -0.246. The lowest BCUT2D eigenvalue weighted by molar-refractivity contribution is 0.0929. The number of thiazole rings is 1. The molecular weight excluding hydrogens is 365 g/mol. The Hall–Kier alpha value is -2.67. The van der Waals surface area contributed by atoms with E-state index in [0.717, 1.165) is 42.3 Å². The molecule has 3 aromatic rings. The second-order valence-corrected chi connectivity index (χ2v) is 7.48. The summed E-state index contributed by atoms with van der Waals surface area (Å²) in [5, 5.41) is 6.05. The molecule has 1 N–H and O–H groups in total. The van der Waals surface area contributed by atoms with Crippen LogP contribution in [-0.4, -0.2) is 30.0 Å². The fraction of sp³-hybridized carbons (Fsp3) is 0.300. The van der Waals surface area contributed by atoms with E-state index in [1.807, 2.05) is 5.38 Å². The number of anilines is 1. The van der Waals surface area contributed by atoms with Crippen LogP contribution in [0.1, 0.15) is 29.0 Å². The van der Waals surface area contributed by atoms with Gasteiger partial charge in [-0.05, 0) is 50.1 Å². The van der Waals surface area contributed by atoms with Gasteiger partial charge < -0.3 is 14.6 Å². The summed E-state index contributed by atoms with van der Waals surface area (Å²) in [7, 11) is 0. The highest BCUT2D eigenvalue weighted by Crippen LogP contribution is 2.29. The fourth-order valence-corrected chi connectivity index (χ4v) is 4.15. The molecule has 1 fully saturated rings. The van der Waals surface area contributed by atoms with E-state index in [1.165, 1.54) is 18.4 Å². The van der Waals surface area contributed by atoms with Crippen molar-refractivity contribution in [1.82, 2.24) is 10.3 Å². The van der Waals surface area contributed by atoms with Gasteiger partial charge in [0.25, 0.3) is 5.91 Å². The third-order valence-corrected chi connectivity index (χ3v) is 5.74. The Kier molecular flexibility index (Phi) is 4.94. The lowest BCUT2D eigenvalue weighted by Gasteiger charge is -2.32. The summed E-state index contributed by atoms with van der Waals surface area (Å²) < 4.78 is 18.3. The van der Waals surface area contributed by atoms with Crippen LogP contribution in [0, 0.1) is 12.7 Å². The van der Waals surface area contributed by atoms with Gasteiger partial charge in [-0.1, -0.05) is 0 Å². The molecule has 0 unspecified atom stereocenters. The van der Waals surface area contributed by atoms with Crippen LogP contribution in [0.2, 0.25) is 0 Å². The number of furan rings is 1. The zero-order chi connectivity index (χ0) is 18.8. The van der Waals surface area contributed by atoms with Crippen LogP contribution < -0.4 is 10.2 Å². The maximum atomic E-state index is 13.1. The first kappa shape index (κ1) is 17.7. The number of hydrogen-bond donors (Lipinski definition) is 1. The van der Waals surface area contributed by atoms with E-state index in [1.54, 1.807) is 36.5 Å². The minimum absolute atomic E-state index is 0.0763. The van der Waals surface area contributed by atoms with Crippen LogP contribution >= 0.6 is 11.3 Å². The molecule has 1 aliphatic heterocycles. The van der Waals surface area contributed by atoms with Gasteiger partial charge in [0.05, 0.1) is 17.5 Å². The molecule has 1 amide bonds. The normalized spacial score (nSPS) is 15.1. The van der Waals surface area contributed by atoms with Gasteiger partial charge >= 0.3 is 0 Å². The summed E-state index contributed by atoms with van der Waals surface area (Å²) in [6, 6.07) is 8.24. The number of rotatable bonds is 4. The Morgan fingerprint density at radius 1 is 1.26 bits per heavy atom. The summed E-state index contributed by atoms with van der Waals surface area (Å²) in [4.78, 5) is 19.2. The third kappa shape index (κ3) is 3.88. The van der Waals surface area contributed by atoms with Gasteiger partial charge in [0, 0.05) is 30.1 Å². The number of nitrogens with one attached hydrogen (secondary N) is 1. The average Bonchev–Trinajstić information content (AvgIpc) is 3.32. The van der Waals surface area contributed by atoms with Crippen LogP contribution in [0.5, 0.6) is 0 Å². The van der Waals surface area contributed by atoms with Crippen molar-refractivity contribution in [2.45, 2.75) is 25.8 Å². The molecule has 0 atom stereocenters. The molecule has 5 nitrogen and oxygen atoms in total. The number of carbonyl (C=O) groups excluding carboxylic acids is 1. The van der Waals surface area contributed by atoms with E-state index < -0.39 is 0 Å². The number of hydrogen-bond acceptors (Lipinski definition) is 5. The number of aromatic nitrogens is 1. The molecule has 0 spiro atoms. The molecule has 27 heavy (non-hydrogen) atoms. The largest absolute Gasteiger partial charge is 0.469 e. The molecular formula is C20H20FN3O2S. The molecule has 7 heteroatoms. The van der Waals surface area contributed by atoms with Crippen molar-refractivity contribution in [3.05, 3.63) is 59.1 Å². The maximum Gasteiger partial charge on any atom is 0.255 e. The predicted octanol–water partition coefficient (Wildman–Crippen LogP) is 4.25. The first-order valence-electron chi connectivity index (χ1n) is 8.91. The first-order valence-corrected chi connectivity index (χ1v) is 9.79. The molecule has 4 rings (SSSR count). The molecule has 1 aromatic carbocycles. The van der Waals surface area contributed by atoms with Crippen molar-refractivity contribution in [3.8, 4) is 11.3 Å². The number of aryl methyl sites for hydroxylation is 1. The predicted molar refractivity (Wildman–Crippen MR) is 104 cm³/mol. The van der Waals surface area contributed by atoms with Crippen LogP contribution in [0.15, 0.2) is 46.4 Å². The quantitative estimate of drug-likeness (QED) is 0.729. The lowest BCUT2D eigenvalue weighted by Crippen LogP contribution is -2.44. The molecule has 0 bridgehead atoms. The molecule has 0 aliphatic carbocycles. The first-order chi connectivity index (χ1) is 13.1. The smallest absolute Gasteiger partial charge is 0.255 e. The summed E-state index contributed by atoms with van der Waals surface area (Å²) in [6.07, 6.45) is 3.27. The van der Waals surface area contributed by atoms with Gasteiger partial charge in [-0.3, -0.25) is 4.79 Å².